The fourth-order valence-corrected chi connectivity index (χ4v) is 1.70. The summed E-state index contributed by atoms with van der Waals surface area (Å²) in [6, 6.07) is 4.87. The van der Waals surface area contributed by atoms with Gasteiger partial charge in [0.05, 0.1) is 17.7 Å². The molecule has 1 heterocycles. The molecule has 0 aliphatic heterocycles. The smallest absolute Gasteiger partial charge is 0.148 e. The molecule has 0 aliphatic rings. The summed E-state index contributed by atoms with van der Waals surface area (Å²) in [4.78, 5) is 3.94. The maximum absolute atomic E-state index is 13.6. The average molecular weight is 270 g/mol. The number of benzene rings is 1. The number of imidazole rings is 1. The molecule has 0 bridgehead atoms. The highest BCUT2D eigenvalue weighted by Gasteiger charge is 2.07. The minimum atomic E-state index is -0.308. The number of nitrogens with zero attached hydrogens (tertiary/aromatic N) is 2. The predicted octanol–water partition coefficient (Wildman–Crippen LogP) is 2.23. The van der Waals surface area contributed by atoms with Crippen LogP contribution in [0.15, 0.2) is 35.2 Å². The summed E-state index contributed by atoms with van der Waals surface area (Å²) in [6.07, 6.45) is 3.18. The molecular formula is C10H9BrFN3. The molecule has 0 fully saturated rings. The van der Waals surface area contributed by atoms with Crippen LogP contribution in [0.4, 0.5) is 4.39 Å². The Hall–Kier alpha value is -1.20. The van der Waals surface area contributed by atoms with E-state index in [9.17, 15) is 4.39 Å². The molecule has 2 aromatic rings. The van der Waals surface area contributed by atoms with Crippen LogP contribution < -0.4 is 5.73 Å². The minimum Gasteiger partial charge on any atom is -0.325 e. The van der Waals surface area contributed by atoms with Crippen molar-refractivity contribution in [1.82, 2.24) is 9.55 Å². The quantitative estimate of drug-likeness (QED) is 0.909. The summed E-state index contributed by atoms with van der Waals surface area (Å²) in [5, 5.41) is 0. The van der Waals surface area contributed by atoms with Crippen LogP contribution in [0.1, 0.15) is 5.69 Å². The molecule has 0 radical (unpaired) electrons. The van der Waals surface area contributed by atoms with Crippen LogP contribution in [0.3, 0.4) is 0 Å². The number of nitrogens with two attached hydrogens (primary N) is 1. The molecule has 0 saturated heterocycles. The minimum absolute atomic E-state index is 0.308. The Kier molecular flexibility index (Phi) is 2.83. The molecule has 15 heavy (non-hydrogen) atoms. The van der Waals surface area contributed by atoms with E-state index in [-0.39, 0.29) is 5.82 Å². The highest BCUT2D eigenvalue weighted by atomic mass is 79.9. The van der Waals surface area contributed by atoms with Crippen molar-refractivity contribution in [3.05, 3.63) is 46.7 Å². The number of hydrogen-bond acceptors (Lipinski definition) is 2. The Balaban J connectivity index is 2.54. The third-order valence-corrected chi connectivity index (χ3v) is 2.59. The maximum atomic E-state index is 13.6. The zero-order valence-corrected chi connectivity index (χ0v) is 9.41. The van der Waals surface area contributed by atoms with Crippen LogP contribution in [0.5, 0.6) is 0 Å². The third kappa shape index (κ3) is 1.93. The van der Waals surface area contributed by atoms with Crippen molar-refractivity contribution in [1.29, 1.82) is 0 Å². The SMILES string of the molecule is NCc1cncn1-c1ccc(Br)cc1F. The zero-order chi connectivity index (χ0) is 10.8. The number of halogens is 2. The van der Waals surface area contributed by atoms with Crippen LogP contribution in [-0.4, -0.2) is 9.55 Å². The molecule has 0 atom stereocenters. The molecule has 2 N–H and O–H groups in total. The van der Waals surface area contributed by atoms with Crippen molar-refractivity contribution in [2.24, 2.45) is 5.73 Å². The van der Waals surface area contributed by atoms with Crippen molar-refractivity contribution in [2.45, 2.75) is 6.54 Å². The summed E-state index contributed by atoms with van der Waals surface area (Å²) in [5.74, 6) is -0.308. The highest BCUT2D eigenvalue weighted by molar-refractivity contribution is 9.10. The van der Waals surface area contributed by atoms with E-state index < -0.39 is 0 Å². The van der Waals surface area contributed by atoms with E-state index in [2.05, 4.69) is 20.9 Å². The Morgan fingerprint density at radius 3 is 2.93 bits per heavy atom. The monoisotopic (exact) mass is 269 g/mol. The molecule has 0 spiro atoms. The largest absolute Gasteiger partial charge is 0.325 e. The fraction of sp³-hybridized carbons (Fsp3) is 0.100. The van der Waals surface area contributed by atoms with Gasteiger partial charge < -0.3 is 5.73 Å². The van der Waals surface area contributed by atoms with E-state index in [1.54, 1.807) is 29.2 Å². The fourth-order valence-electron chi connectivity index (χ4n) is 1.37. The van der Waals surface area contributed by atoms with E-state index in [1.807, 2.05) is 0 Å². The molecule has 2 rings (SSSR count). The molecule has 0 saturated carbocycles. The Morgan fingerprint density at radius 1 is 1.47 bits per heavy atom. The summed E-state index contributed by atoms with van der Waals surface area (Å²) >= 11 is 3.21. The van der Waals surface area contributed by atoms with Crippen LogP contribution >= 0.6 is 15.9 Å². The van der Waals surface area contributed by atoms with Gasteiger partial charge in [0.15, 0.2) is 0 Å². The van der Waals surface area contributed by atoms with Gasteiger partial charge in [-0.3, -0.25) is 4.57 Å². The average Bonchev–Trinajstić information content (AvgIpc) is 2.65. The van der Waals surface area contributed by atoms with Crippen molar-refractivity contribution < 1.29 is 4.39 Å². The van der Waals surface area contributed by atoms with Gasteiger partial charge in [-0.15, -0.1) is 0 Å². The first-order valence-corrected chi connectivity index (χ1v) is 5.18. The van der Waals surface area contributed by atoms with Crippen molar-refractivity contribution >= 4 is 15.9 Å². The van der Waals surface area contributed by atoms with E-state index >= 15 is 0 Å². The van der Waals surface area contributed by atoms with Gasteiger partial charge >= 0.3 is 0 Å². The van der Waals surface area contributed by atoms with Gasteiger partial charge in [-0.2, -0.15) is 0 Å². The second-order valence-corrected chi connectivity index (χ2v) is 3.97. The topological polar surface area (TPSA) is 43.8 Å². The standard InChI is InChI=1S/C10H9BrFN3/c11-7-1-2-10(9(12)3-7)15-6-14-5-8(15)4-13/h1-3,5-6H,4,13H2. The van der Waals surface area contributed by atoms with Gasteiger partial charge in [0, 0.05) is 17.2 Å². The Morgan fingerprint density at radius 2 is 2.27 bits per heavy atom. The number of rotatable bonds is 2. The molecule has 1 aromatic carbocycles. The molecule has 78 valence electrons. The first-order valence-electron chi connectivity index (χ1n) is 4.39. The van der Waals surface area contributed by atoms with Crippen LogP contribution in [-0.2, 0) is 6.54 Å². The molecule has 0 unspecified atom stereocenters. The summed E-state index contributed by atoms with van der Waals surface area (Å²) in [5.41, 5.74) is 6.75. The van der Waals surface area contributed by atoms with Gasteiger partial charge in [-0.1, -0.05) is 15.9 Å². The van der Waals surface area contributed by atoms with E-state index in [4.69, 9.17) is 5.73 Å². The molecule has 0 aliphatic carbocycles. The highest BCUT2D eigenvalue weighted by Crippen LogP contribution is 2.19. The molecule has 0 amide bonds. The lowest BCUT2D eigenvalue weighted by Gasteiger charge is -2.07. The molecule has 1 aromatic heterocycles. The van der Waals surface area contributed by atoms with Crippen LogP contribution in [0.25, 0.3) is 5.69 Å². The maximum Gasteiger partial charge on any atom is 0.148 e. The van der Waals surface area contributed by atoms with Gasteiger partial charge in [-0.05, 0) is 18.2 Å². The van der Waals surface area contributed by atoms with Gasteiger partial charge in [0.2, 0.25) is 0 Å². The number of aromatic nitrogens is 2. The van der Waals surface area contributed by atoms with Crippen molar-refractivity contribution in [3.8, 4) is 5.69 Å². The number of hydrogen-bond donors (Lipinski definition) is 1. The van der Waals surface area contributed by atoms with Gasteiger partial charge in [0.1, 0.15) is 5.82 Å². The molecular weight excluding hydrogens is 261 g/mol. The second kappa shape index (κ2) is 4.12. The first kappa shape index (κ1) is 10.3. The van der Waals surface area contributed by atoms with E-state index in [0.717, 1.165) is 5.69 Å². The van der Waals surface area contributed by atoms with Crippen LogP contribution in [0, 0.1) is 5.82 Å². The zero-order valence-electron chi connectivity index (χ0n) is 7.82. The lowest BCUT2D eigenvalue weighted by molar-refractivity contribution is 0.615. The lowest BCUT2D eigenvalue weighted by Crippen LogP contribution is -2.05. The third-order valence-electron chi connectivity index (χ3n) is 2.09. The van der Waals surface area contributed by atoms with Crippen molar-refractivity contribution in [2.75, 3.05) is 0 Å². The second-order valence-electron chi connectivity index (χ2n) is 3.05. The Bertz CT molecular complexity index is 481. The first-order chi connectivity index (χ1) is 7.22. The van der Waals surface area contributed by atoms with Gasteiger partial charge in [-0.25, -0.2) is 9.37 Å². The summed E-state index contributed by atoms with van der Waals surface area (Å²) < 4.78 is 16.0. The Labute approximate surface area is 94.9 Å². The van der Waals surface area contributed by atoms with E-state index in [0.29, 0.717) is 16.7 Å². The normalized spacial score (nSPS) is 10.6. The van der Waals surface area contributed by atoms with Crippen LogP contribution in [0.2, 0.25) is 0 Å². The van der Waals surface area contributed by atoms with Gasteiger partial charge in [0.25, 0.3) is 0 Å². The molecule has 5 heteroatoms. The lowest BCUT2D eigenvalue weighted by atomic mass is 10.3. The summed E-state index contributed by atoms with van der Waals surface area (Å²) in [6.45, 7) is 0.329. The molecule has 3 nitrogen and oxygen atoms in total. The van der Waals surface area contributed by atoms with Crippen molar-refractivity contribution in [3.63, 3.8) is 0 Å². The predicted molar refractivity (Wildman–Crippen MR) is 59.1 cm³/mol. The summed E-state index contributed by atoms with van der Waals surface area (Å²) in [7, 11) is 0. The van der Waals surface area contributed by atoms with E-state index in [1.165, 1.54) is 6.07 Å².